The fourth-order valence-corrected chi connectivity index (χ4v) is 0.356. The van der Waals surface area contributed by atoms with Crippen LogP contribution in [0.2, 0.25) is 0 Å². The molecule has 0 fully saturated rings. The number of carbonyl (C=O) groups excluding carboxylic acids is 2. The van der Waals surface area contributed by atoms with Crippen molar-refractivity contribution in [2.24, 2.45) is 0 Å². The molecule has 0 heterocycles. The van der Waals surface area contributed by atoms with E-state index in [9.17, 15) is 9.59 Å². The van der Waals surface area contributed by atoms with Crippen molar-refractivity contribution in [2.45, 2.75) is 13.8 Å². The fraction of sp³-hybridized carbons (Fsp3) is 0.429. The smallest absolute Gasteiger partial charge is 0.287 e. The van der Waals surface area contributed by atoms with E-state index in [2.05, 4.69) is 11.9 Å². The Bertz CT molecular complexity index is 172. The first-order valence-electron chi connectivity index (χ1n) is 2.97. The van der Waals surface area contributed by atoms with E-state index in [4.69, 9.17) is 0 Å². The fourth-order valence-electron chi connectivity index (χ4n) is 0.356. The topological polar surface area (TPSA) is 46.2 Å². The van der Waals surface area contributed by atoms with Crippen LogP contribution in [-0.2, 0) is 9.59 Å². The summed E-state index contributed by atoms with van der Waals surface area (Å²) in [4.78, 5) is 20.9. The first kappa shape index (κ1) is 8.88. The third kappa shape index (κ3) is 3.83. The molecule has 0 unspecified atom stereocenters. The molecule has 1 amide bonds. The summed E-state index contributed by atoms with van der Waals surface area (Å²) in [5.41, 5.74) is 0.828. The van der Waals surface area contributed by atoms with Crippen LogP contribution in [0.5, 0.6) is 0 Å². The summed E-state index contributed by atoms with van der Waals surface area (Å²) in [6, 6.07) is 0. The van der Waals surface area contributed by atoms with E-state index < -0.39 is 11.7 Å². The lowest BCUT2D eigenvalue weighted by molar-refractivity contribution is -0.136. The van der Waals surface area contributed by atoms with Crippen molar-refractivity contribution in [3.63, 3.8) is 0 Å². The summed E-state index contributed by atoms with van der Waals surface area (Å²) in [5.74, 6) is -1.02. The summed E-state index contributed by atoms with van der Waals surface area (Å²) >= 11 is 0. The third-order valence-electron chi connectivity index (χ3n) is 0.870. The minimum atomic E-state index is -0.553. The van der Waals surface area contributed by atoms with Crippen molar-refractivity contribution >= 4 is 11.7 Å². The lowest BCUT2D eigenvalue weighted by Crippen LogP contribution is -2.30. The number of carbonyl (C=O) groups is 2. The van der Waals surface area contributed by atoms with Gasteiger partial charge in [0, 0.05) is 13.5 Å². The minimum Gasteiger partial charge on any atom is -0.346 e. The highest BCUT2D eigenvalue weighted by Gasteiger charge is 2.04. The number of rotatable bonds is 3. The number of nitrogens with one attached hydrogen (secondary N) is 1. The van der Waals surface area contributed by atoms with Crippen LogP contribution in [0.1, 0.15) is 13.8 Å². The maximum Gasteiger partial charge on any atom is 0.287 e. The molecule has 0 aliphatic carbocycles. The molecule has 0 aliphatic rings. The zero-order valence-electron chi connectivity index (χ0n) is 6.23. The average Bonchev–Trinajstić information content (AvgIpc) is 1.82. The molecular formula is C7H11NO2. The van der Waals surface area contributed by atoms with Gasteiger partial charge < -0.3 is 5.32 Å². The summed E-state index contributed by atoms with van der Waals surface area (Å²) in [6.45, 7) is 6.94. The largest absolute Gasteiger partial charge is 0.346 e. The molecule has 10 heavy (non-hydrogen) atoms. The Balaban J connectivity index is 3.60. The maximum atomic E-state index is 10.5. The molecule has 3 heteroatoms. The van der Waals surface area contributed by atoms with Crippen LogP contribution in [0.25, 0.3) is 0 Å². The number of amides is 1. The Morgan fingerprint density at radius 1 is 1.40 bits per heavy atom. The molecule has 0 radical (unpaired) electrons. The molecule has 0 saturated carbocycles. The standard InChI is InChI=1S/C7H11NO2/c1-5(2)4-8-7(10)6(3)9/h1,4H2,2-3H3,(H,8,10). The highest BCUT2D eigenvalue weighted by atomic mass is 16.2. The van der Waals surface area contributed by atoms with Crippen molar-refractivity contribution in [2.75, 3.05) is 6.54 Å². The highest BCUT2D eigenvalue weighted by molar-refractivity contribution is 6.35. The molecule has 0 saturated heterocycles. The van der Waals surface area contributed by atoms with E-state index >= 15 is 0 Å². The second kappa shape index (κ2) is 3.82. The number of Topliss-reactive ketones (excluding diaryl/α,β-unsaturated/α-hetero) is 1. The second-order valence-corrected chi connectivity index (χ2v) is 2.20. The van der Waals surface area contributed by atoms with Crippen molar-refractivity contribution in [1.82, 2.24) is 5.32 Å². The molecule has 3 nitrogen and oxygen atoms in total. The summed E-state index contributed by atoms with van der Waals surface area (Å²) in [7, 11) is 0. The predicted octanol–water partition coefficient (Wildman–Crippen LogP) is 0.268. The van der Waals surface area contributed by atoms with Gasteiger partial charge in [-0.2, -0.15) is 0 Å². The quantitative estimate of drug-likeness (QED) is 0.453. The van der Waals surface area contributed by atoms with Gasteiger partial charge in [-0.25, -0.2) is 0 Å². The monoisotopic (exact) mass is 141 g/mol. The van der Waals surface area contributed by atoms with Crippen LogP contribution >= 0.6 is 0 Å². The summed E-state index contributed by atoms with van der Waals surface area (Å²) in [6.07, 6.45) is 0. The van der Waals surface area contributed by atoms with E-state index in [-0.39, 0.29) is 0 Å². The Morgan fingerprint density at radius 2 is 1.90 bits per heavy atom. The molecule has 0 aliphatic heterocycles. The minimum absolute atomic E-state index is 0.373. The van der Waals surface area contributed by atoms with Crippen LogP contribution in [-0.4, -0.2) is 18.2 Å². The molecule has 0 aromatic rings. The van der Waals surface area contributed by atoms with Gasteiger partial charge in [0.1, 0.15) is 0 Å². The molecule has 1 N–H and O–H groups in total. The molecule has 0 aromatic heterocycles. The van der Waals surface area contributed by atoms with Crippen LogP contribution in [0.15, 0.2) is 12.2 Å². The molecule has 0 bridgehead atoms. The predicted molar refractivity (Wildman–Crippen MR) is 38.5 cm³/mol. The van der Waals surface area contributed by atoms with E-state index in [0.717, 1.165) is 5.57 Å². The summed E-state index contributed by atoms with van der Waals surface area (Å²) < 4.78 is 0. The maximum absolute atomic E-state index is 10.5. The normalized spacial score (nSPS) is 8.60. The number of ketones is 1. The Morgan fingerprint density at radius 3 is 2.20 bits per heavy atom. The first-order chi connectivity index (χ1) is 4.54. The van der Waals surface area contributed by atoms with Gasteiger partial charge >= 0.3 is 0 Å². The Hall–Kier alpha value is -1.12. The van der Waals surface area contributed by atoms with Gasteiger partial charge in [-0.15, -0.1) is 0 Å². The second-order valence-electron chi connectivity index (χ2n) is 2.20. The number of hydrogen-bond acceptors (Lipinski definition) is 2. The van der Waals surface area contributed by atoms with Gasteiger partial charge in [0.25, 0.3) is 5.91 Å². The van der Waals surface area contributed by atoms with Crippen LogP contribution in [0.3, 0.4) is 0 Å². The van der Waals surface area contributed by atoms with E-state index in [0.29, 0.717) is 6.54 Å². The van der Waals surface area contributed by atoms with Crippen LogP contribution in [0.4, 0.5) is 0 Å². The van der Waals surface area contributed by atoms with Crippen molar-refractivity contribution in [3.05, 3.63) is 12.2 Å². The average molecular weight is 141 g/mol. The van der Waals surface area contributed by atoms with Gasteiger partial charge in [0.2, 0.25) is 5.78 Å². The van der Waals surface area contributed by atoms with Crippen molar-refractivity contribution in [3.8, 4) is 0 Å². The Labute approximate surface area is 60.1 Å². The number of hydrogen-bond donors (Lipinski definition) is 1. The van der Waals surface area contributed by atoms with Crippen LogP contribution < -0.4 is 5.32 Å². The lowest BCUT2D eigenvalue weighted by atomic mass is 10.3. The van der Waals surface area contributed by atoms with E-state index in [1.807, 2.05) is 0 Å². The van der Waals surface area contributed by atoms with E-state index in [1.54, 1.807) is 6.92 Å². The van der Waals surface area contributed by atoms with E-state index in [1.165, 1.54) is 6.92 Å². The molecule has 0 atom stereocenters. The Kier molecular flexibility index (Phi) is 3.39. The lowest BCUT2D eigenvalue weighted by Gasteiger charge is -1.99. The zero-order valence-corrected chi connectivity index (χ0v) is 6.23. The molecule has 0 aromatic carbocycles. The molecule has 0 rings (SSSR count). The zero-order chi connectivity index (χ0) is 8.15. The van der Waals surface area contributed by atoms with Gasteiger partial charge in [0.05, 0.1) is 0 Å². The highest BCUT2D eigenvalue weighted by Crippen LogP contribution is 1.81. The van der Waals surface area contributed by atoms with Crippen LogP contribution in [0, 0.1) is 0 Å². The van der Waals surface area contributed by atoms with Gasteiger partial charge in [-0.3, -0.25) is 9.59 Å². The molecule has 0 spiro atoms. The first-order valence-corrected chi connectivity index (χ1v) is 2.97. The van der Waals surface area contributed by atoms with Gasteiger partial charge in [-0.05, 0) is 6.92 Å². The van der Waals surface area contributed by atoms with Gasteiger partial charge in [-0.1, -0.05) is 12.2 Å². The third-order valence-corrected chi connectivity index (χ3v) is 0.870. The van der Waals surface area contributed by atoms with Crippen molar-refractivity contribution in [1.29, 1.82) is 0 Å². The van der Waals surface area contributed by atoms with Gasteiger partial charge in [0.15, 0.2) is 0 Å². The van der Waals surface area contributed by atoms with Crippen molar-refractivity contribution < 1.29 is 9.59 Å². The molecular weight excluding hydrogens is 130 g/mol. The SMILES string of the molecule is C=C(C)CNC(=O)C(C)=O. The summed E-state index contributed by atoms with van der Waals surface area (Å²) in [5, 5.41) is 2.39. The molecule has 56 valence electrons.